The van der Waals surface area contributed by atoms with Gasteiger partial charge in [0.05, 0.1) is 0 Å². The maximum Gasteiger partial charge on any atom is 0.0372 e. The van der Waals surface area contributed by atoms with Gasteiger partial charge >= 0.3 is 0 Å². The molecule has 0 amide bonds. The van der Waals surface area contributed by atoms with Gasteiger partial charge in [-0.3, -0.25) is 0 Å². The quantitative estimate of drug-likeness (QED) is 0.791. The van der Waals surface area contributed by atoms with E-state index >= 15 is 0 Å². The lowest BCUT2D eigenvalue weighted by Gasteiger charge is -2.19. The van der Waals surface area contributed by atoms with Gasteiger partial charge in [0, 0.05) is 12.2 Å². The zero-order chi connectivity index (χ0) is 10.7. The summed E-state index contributed by atoms with van der Waals surface area (Å²) in [5.74, 6) is 0.805. The van der Waals surface area contributed by atoms with E-state index in [4.69, 9.17) is 0 Å². The smallest absolute Gasteiger partial charge is 0.0372 e. The van der Waals surface area contributed by atoms with E-state index in [0.29, 0.717) is 0 Å². The highest BCUT2D eigenvalue weighted by Crippen LogP contribution is 2.24. The van der Waals surface area contributed by atoms with Gasteiger partial charge in [0.2, 0.25) is 0 Å². The maximum absolute atomic E-state index is 3.46. The first-order valence-electron chi connectivity index (χ1n) is 6.15. The minimum Gasteiger partial charge on any atom is -0.385 e. The molecular formula is C14H21N. The summed E-state index contributed by atoms with van der Waals surface area (Å²) in [6, 6.07) is 6.93. The van der Waals surface area contributed by atoms with E-state index in [9.17, 15) is 0 Å². The Kier molecular flexibility index (Phi) is 3.30. The van der Waals surface area contributed by atoms with Crippen molar-refractivity contribution < 1.29 is 0 Å². The van der Waals surface area contributed by atoms with Crippen molar-refractivity contribution in [3.63, 3.8) is 0 Å². The average molecular weight is 203 g/mol. The fourth-order valence-electron chi connectivity index (χ4n) is 2.20. The topological polar surface area (TPSA) is 12.0 Å². The Balaban J connectivity index is 2.13. The molecule has 1 aliphatic rings. The highest BCUT2D eigenvalue weighted by molar-refractivity contribution is 5.54. The number of fused-ring (bicyclic) bond motifs is 1. The third-order valence-electron chi connectivity index (χ3n) is 3.39. The molecule has 1 nitrogen and oxygen atoms in total. The van der Waals surface area contributed by atoms with Crippen LogP contribution in [0.5, 0.6) is 0 Å². The van der Waals surface area contributed by atoms with Gasteiger partial charge in [-0.15, -0.1) is 0 Å². The Morgan fingerprint density at radius 3 is 3.07 bits per heavy atom. The minimum absolute atomic E-state index is 0.805. The Morgan fingerprint density at radius 2 is 2.27 bits per heavy atom. The summed E-state index contributed by atoms with van der Waals surface area (Å²) in [6.45, 7) is 5.74. The van der Waals surface area contributed by atoms with E-state index in [1.165, 1.54) is 42.5 Å². The number of anilines is 1. The summed E-state index contributed by atoms with van der Waals surface area (Å²) in [5.41, 5.74) is 4.38. The second-order valence-electron chi connectivity index (χ2n) is 4.74. The van der Waals surface area contributed by atoms with Crippen LogP contribution in [0.1, 0.15) is 37.8 Å². The minimum atomic E-state index is 0.805. The van der Waals surface area contributed by atoms with Gasteiger partial charge in [0.25, 0.3) is 0 Å². The number of nitrogens with one attached hydrogen (secondary N) is 1. The molecule has 1 aliphatic heterocycles. The molecule has 2 rings (SSSR count). The standard InChI is InChI=1S/C14H21N/c1-3-11(2)9-12-6-7-14-13(10-12)5-4-8-15-14/h6-7,10-11,15H,3-5,8-9H2,1-2H3. The van der Waals surface area contributed by atoms with Crippen molar-refractivity contribution in [2.75, 3.05) is 11.9 Å². The van der Waals surface area contributed by atoms with Crippen molar-refractivity contribution in [1.82, 2.24) is 0 Å². The van der Waals surface area contributed by atoms with Crippen LogP contribution in [0, 0.1) is 5.92 Å². The molecule has 0 saturated carbocycles. The summed E-state index contributed by atoms with van der Waals surface area (Å²) < 4.78 is 0. The first-order chi connectivity index (χ1) is 7.29. The van der Waals surface area contributed by atoms with Gasteiger partial charge in [0.15, 0.2) is 0 Å². The summed E-state index contributed by atoms with van der Waals surface area (Å²) in [5, 5.41) is 3.46. The predicted octanol–water partition coefficient (Wildman–Crippen LogP) is 3.63. The lowest BCUT2D eigenvalue weighted by Crippen LogP contribution is -2.12. The van der Waals surface area contributed by atoms with Crippen LogP contribution in [-0.2, 0) is 12.8 Å². The molecule has 1 N–H and O–H groups in total. The molecule has 0 aliphatic carbocycles. The van der Waals surface area contributed by atoms with Gasteiger partial charge in [-0.05, 0) is 42.4 Å². The number of rotatable bonds is 3. The number of hydrogen-bond donors (Lipinski definition) is 1. The monoisotopic (exact) mass is 203 g/mol. The molecule has 0 spiro atoms. The molecule has 1 aromatic carbocycles. The maximum atomic E-state index is 3.46. The highest BCUT2D eigenvalue weighted by atomic mass is 14.9. The summed E-state index contributed by atoms with van der Waals surface area (Å²) in [7, 11) is 0. The molecule has 1 heterocycles. The number of hydrogen-bond acceptors (Lipinski definition) is 1. The number of aryl methyl sites for hydroxylation is 1. The average Bonchev–Trinajstić information content (AvgIpc) is 2.29. The van der Waals surface area contributed by atoms with Crippen LogP contribution in [-0.4, -0.2) is 6.54 Å². The van der Waals surface area contributed by atoms with Crippen LogP contribution >= 0.6 is 0 Å². The molecular weight excluding hydrogens is 182 g/mol. The van der Waals surface area contributed by atoms with Gasteiger partial charge in [-0.1, -0.05) is 32.4 Å². The Morgan fingerprint density at radius 1 is 1.40 bits per heavy atom. The zero-order valence-corrected chi connectivity index (χ0v) is 9.84. The molecule has 1 atom stereocenters. The van der Waals surface area contributed by atoms with Gasteiger partial charge in [0.1, 0.15) is 0 Å². The van der Waals surface area contributed by atoms with E-state index in [1.54, 1.807) is 0 Å². The lowest BCUT2D eigenvalue weighted by atomic mass is 9.94. The first-order valence-corrected chi connectivity index (χ1v) is 6.15. The van der Waals surface area contributed by atoms with Crippen LogP contribution < -0.4 is 5.32 Å². The molecule has 0 bridgehead atoms. The Hall–Kier alpha value is -0.980. The van der Waals surface area contributed by atoms with Gasteiger partial charge < -0.3 is 5.32 Å². The Bertz CT molecular complexity index is 330. The third kappa shape index (κ3) is 2.53. The van der Waals surface area contributed by atoms with E-state index in [-0.39, 0.29) is 0 Å². The summed E-state index contributed by atoms with van der Waals surface area (Å²) in [6.07, 6.45) is 5.02. The molecule has 0 aromatic heterocycles. The van der Waals surface area contributed by atoms with Gasteiger partial charge in [-0.2, -0.15) is 0 Å². The summed E-state index contributed by atoms with van der Waals surface area (Å²) >= 11 is 0. The van der Waals surface area contributed by atoms with Crippen LogP contribution in [0.25, 0.3) is 0 Å². The molecule has 1 aromatic rings. The molecule has 82 valence electrons. The number of benzene rings is 1. The van der Waals surface area contributed by atoms with E-state index in [0.717, 1.165) is 12.5 Å². The Labute approximate surface area is 92.9 Å². The molecule has 1 unspecified atom stereocenters. The van der Waals surface area contributed by atoms with Crippen LogP contribution in [0.15, 0.2) is 18.2 Å². The lowest BCUT2D eigenvalue weighted by molar-refractivity contribution is 0.560. The molecule has 15 heavy (non-hydrogen) atoms. The van der Waals surface area contributed by atoms with Crippen molar-refractivity contribution in [3.8, 4) is 0 Å². The second-order valence-corrected chi connectivity index (χ2v) is 4.74. The molecule has 1 heteroatoms. The van der Waals surface area contributed by atoms with Crippen LogP contribution in [0.3, 0.4) is 0 Å². The largest absolute Gasteiger partial charge is 0.385 e. The van der Waals surface area contributed by atoms with E-state index in [2.05, 4.69) is 37.4 Å². The fraction of sp³-hybridized carbons (Fsp3) is 0.571. The predicted molar refractivity (Wildman–Crippen MR) is 66.4 cm³/mol. The van der Waals surface area contributed by atoms with E-state index < -0.39 is 0 Å². The first kappa shape index (κ1) is 10.5. The molecule has 0 fully saturated rings. The normalized spacial score (nSPS) is 16.7. The fourth-order valence-corrected chi connectivity index (χ4v) is 2.20. The highest BCUT2D eigenvalue weighted by Gasteiger charge is 2.09. The third-order valence-corrected chi connectivity index (χ3v) is 3.39. The van der Waals surface area contributed by atoms with Crippen molar-refractivity contribution in [1.29, 1.82) is 0 Å². The molecule has 0 saturated heterocycles. The molecule has 0 radical (unpaired) electrons. The van der Waals surface area contributed by atoms with Crippen molar-refractivity contribution in [3.05, 3.63) is 29.3 Å². The van der Waals surface area contributed by atoms with Crippen molar-refractivity contribution in [2.45, 2.75) is 39.5 Å². The SMILES string of the molecule is CCC(C)Cc1ccc2c(c1)CCCN2. The van der Waals surface area contributed by atoms with Crippen LogP contribution in [0.4, 0.5) is 5.69 Å². The van der Waals surface area contributed by atoms with Crippen molar-refractivity contribution >= 4 is 5.69 Å². The second kappa shape index (κ2) is 4.69. The summed E-state index contributed by atoms with van der Waals surface area (Å²) in [4.78, 5) is 0. The van der Waals surface area contributed by atoms with Crippen LogP contribution in [0.2, 0.25) is 0 Å². The van der Waals surface area contributed by atoms with E-state index in [1.807, 2.05) is 0 Å². The zero-order valence-electron chi connectivity index (χ0n) is 9.84. The van der Waals surface area contributed by atoms with Gasteiger partial charge in [-0.25, -0.2) is 0 Å². The van der Waals surface area contributed by atoms with Crippen molar-refractivity contribution in [2.24, 2.45) is 5.92 Å².